The largest absolute Gasteiger partial charge is 0.493 e. The molecule has 0 saturated carbocycles. The quantitative estimate of drug-likeness (QED) is 0.539. The average molecular weight is 363 g/mol. The molecular formula is C19H17N5O3. The van der Waals surface area contributed by atoms with E-state index in [0.717, 1.165) is 22.3 Å². The summed E-state index contributed by atoms with van der Waals surface area (Å²) in [6.07, 6.45) is 5.38. The molecule has 0 saturated heterocycles. The van der Waals surface area contributed by atoms with E-state index < -0.39 is 0 Å². The Morgan fingerprint density at radius 2 is 1.48 bits per heavy atom. The van der Waals surface area contributed by atoms with Gasteiger partial charge in [0.2, 0.25) is 0 Å². The molecule has 0 bridgehead atoms. The van der Waals surface area contributed by atoms with Gasteiger partial charge in [0.25, 0.3) is 0 Å². The lowest BCUT2D eigenvalue weighted by Gasteiger charge is -2.09. The molecule has 0 atom stereocenters. The lowest BCUT2D eigenvalue weighted by atomic mass is 10.1. The molecule has 0 aliphatic rings. The Labute approximate surface area is 155 Å². The summed E-state index contributed by atoms with van der Waals surface area (Å²) in [5.74, 6) is 1.99. The van der Waals surface area contributed by atoms with Crippen LogP contribution in [0.1, 0.15) is 0 Å². The van der Waals surface area contributed by atoms with Crippen molar-refractivity contribution in [2.45, 2.75) is 0 Å². The summed E-state index contributed by atoms with van der Waals surface area (Å²) in [5, 5.41) is 8.57. The summed E-state index contributed by atoms with van der Waals surface area (Å²) < 4.78 is 17.6. The number of methoxy groups -OCH3 is 3. The third-order valence-corrected chi connectivity index (χ3v) is 4.19. The zero-order valence-corrected chi connectivity index (χ0v) is 15.1. The minimum atomic E-state index is 0.329. The first-order valence-electron chi connectivity index (χ1n) is 8.17. The molecule has 0 fully saturated rings. The molecule has 0 amide bonds. The highest BCUT2D eigenvalue weighted by atomic mass is 16.5. The van der Waals surface area contributed by atoms with E-state index in [1.807, 2.05) is 40.9 Å². The summed E-state index contributed by atoms with van der Waals surface area (Å²) in [6, 6.07) is 9.82. The van der Waals surface area contributed by atoms with Crippen LogP contribution in [0.15, 0.2) is 48.9 Å². The highest BCUT2D eigenvalue weighted by Gasteiger charge is 2.13. The Kier molecular flexibility index (Phi) is 4.29. The van der Waals surface area contributed by atoms with Crippen molar-refractivity contribution in [3.63, 3.8) is 0 Å². The summed E-state index contributed by atoms with van der Waals surface area (Å²) in [6.45, 7) is 0. The zero-order chi connectivity index (χ0) is 18.8. The Morgan fingerprint density at radius 1 is 0.741 bits per heavy atom. The van der Waals surface area contributed by atoms with Gasteiger partial charge in [0, 0.05) is 35.3 Å². The number of aromatic nitrogens is 5. The van der Waals surface area contributed by atoms with Crippen LogP contribution in [-0.2, 0) is 0 Å². The second-order valence-electron chi connectivity index (χ2n) is 5.70. The second-order valence-corrected chi connectivity index (χ2v) is 5.70. The van der Waals surface area contributed by atoms with E-state index in [-0.39, 0.29) is 0 Å². The minimum absolute atomic E-state index is 0.329. The maximum absolute atomic E-state index is 5.39. The van der Waals surface area contributed by atoms with Crippen LogP contribution in [0.2, 0.25) is 0 Å². The Balaban J connectivity index is 1.80. The molecule has 0 N–H and O–H groups in total. The standard InChI is InChI=1S/C19H17N5O3/c1-25-15-6-4-12(8-16(15)26-2)18-23-22-17-7-5-13(11-24(17)18)14-9-20-19(27-3)21-10-14/h4-11H,1-3H3. The summed E-state index contributed by atoms with van der Waals surface area (Å²) in [4.78, 5) is 8.32. The van der Waals surface area contributed by atoms with Gasteiger partial charge < -0.3 is 14.2 Å². The van der Waals surface area contributed by atoms with Crippen molar-refractivity contribution >= 4 is 5.65 Å². The van der Waals surface area contributed by atoms with Gasteiger partial charge >= 0.3 is 6.01 Å². The van der Waals surface area contributed by atoms with Gasteiger partial charge in [-0.2, -0.15) is 0 Å². The predicted molar refractivity (Wildman–Crippen MR) is 99.1 cm³/mol. The first kappa shape index (κ1) is 16.8. The van der Waals surface area contributed by atoms with Crippen molar-refractivity contribution in [1.29, 1.82) is 0 Å². The molecule has 4 aromatic rings. The van der Waals surface area contributed by atoms with Crippen molar-refractivity contribution < 1.29 is 14.2 Å². The van der Waals surface area contributed by atoms with Gasteiger partial charge in [-0.3, -0.25) is 4.40 Å². The van der Waals surface area contributed by atoms with Crippen LogP contribution in [0.4, 0.5) is 0 Å². The van der Waals surface area contributed by atoms with E-state index in [1.165, 1.54) is 7.11 Å². The molecule has 3 heterocycles. The summed E-state index contributed by atoms with van der Waals surface area (Å²) in [7, 11) is 4.74. The normalized spacial score (nSPS) is 10.8. The van der Waals surface area contributed by atoms with Crippen LogP contribution in [0.5, 0.6) is 17.5 Å². The van der Waals surface area contributed by atoms with Crippen LogP contribution in [0.3, 0.4) is 0 Å². The van der Waals surface area contributed by atoms with Gasteiger partial charge in [0.15, 0.2) is 23.0 Å². The second kappa shape index (κ2) is 6.91. The molecule has 0 spiro atoms. The van der Waals surface area contributed by atoms with Gasteiger partial charge in [0.1, 0.15) is 0 Å². The Morgan fingerprint density at radius 3 is 2.19 bits per heavy atom. The molecule has 0 radical (unpaired) electrons. The number of hydrogen-bond donors (Lipinski definition) is 0. The van der Waals surface area contributed by atoms with Gasteiger partial charge in [-0.15, -0.1) is 10.2 Å². The molecular weight excluding hydrogens is 346 g/mol. The molecule has 4 rings (SSSR count). The van der Waals surface area contributed by atoms with Crippen molar-refractivity contribution in [3.8, 4) is 40.0 Å². The number of nitrogens with zero attached hydrogens (tertiary/aromatic N) is 5. The molecule has 0 aliphatic carbocycles. The van der Waals surface area contributed by atoms with Crippen LogP contribution >= 0.6 is 0 Å². The molecule has 8 heteroatoms. The number of ether oxygens (including phenoxy) is 3. The van der Waals surface area contributed by atoms with Crippen LogP contribution < -0.4 is 14.2 Å². The lowest BCUT2D eigenvalue weighted by molar-refractivity contribution is 0.355. The number of fused-ring (bicyclic) bond motifs is 1. The number of hydrogen-bond acceptors (Lipinski definition) is 7. The first-order valence-corrected chi connectivity index (χ1v) is 8.17. The lowest BCUT2D eigenvalue weighted by Crippen LogP contribution is -1.95. The molecule has 8 nitrogen and oxygen atoms in total. The first-order chi connectivity index (χ1) is 13.2. The topological polar surface area (TPSA) is 83.7 Å². The fraction of sp³-hybridized carbons (Fsp3) is 0.158. The maximum atomic E-state index is 5.39. The van der Waals surface area contributed by atoms with Crippen molar-refractivity contribution in [3.05, 3.63) is 48.9 Å². The van der Waals surface area contributed by atoms with Crippen LogP contribution in [-0.4, -0.2) is 45.9 Å². The van der Waals surface area contributed by atoms with E-state index >= 15 is 0 Å². The van der Waals surface area contributed by atoms with Gasteiger partial charge in [0.05, 0.1) is 21.3 Å². The number of benzene rings is 1. The number of rotatable bonds is 5. The molecule has 1 aromatic carbocycles. The third-order valence-electron chi connectivity index (χ3n) is 4.19. The third kappa shape index (κ3) is 3.01. The van der Waals surface area contributed by atoms with Gasteiger partial charge in [-0.25, -0.2) is 9.97 Å². The number of pyridine rings is 1. The van der Waals surface area contributed by atoms with E-state index in [9.17, 15) is 0 Å². The fourth-order valence-corrected chi connectivity index (χ4v) is 2.80. The smallest absolute Gasteiger partial charge is 0.316 e. The Hall–Kier alpha value is -3.68. The minimum Gasteiger partial charge on any atom is -0.493 e. The van der Waals surface area contributed by atoms with E-state index in [0.29, 0.717) is 23.3 Å². The van der Waals surface area contributed by atoms with Gasteiger partial charge in [-0.05, 0) is 30.3 Å². The van der Waals surface area contributed by atoms with E-state index in [1.54, 1.807) is 26.6 Å². The van der Waals surface area contributed by atoms with E-state index in [4.69, 9.17) is 14.2 Å². The van der Waals surface area contributed by atoms with E-state index in [2.05, 4.69) is 20.2 Å². The molecule has 3 aromatic heterocycles. The van der Waals surface area contributed by atoms with Crippen molar-refractivity contribution in [2.75, 3.05) is 21.3 Å². The van der Waals surface area contributed by atoms with Crippen LogP contribution in [0, 0.1) is 0 Å². The van der Waals surface area contributed by atoms with Crippen LogP contribution in [0.25, 0.3) is 28.2 Å². The SMILES string of the molecule is COc1ncc(-c2ccc3nnc(-c4ccc(OC)c(OC)c4)n3c2)cn1. The highest BCUT2D eigenvalue weighted by Crippen LogP contribution is 2.32. The zero-order valence-electron chi connectivity index (χ0n) is 15.1. The predicted octanol–water partition coefficient (Wildman–Crippen LogP) is 2.88. The maximum Gasteiger partial charge on any atom is 0.316 e. The molecule has 27 heavy (non-hydrogen) atoms. The summed E-state index contributed by atoms with van der Waals surface area (Å²) in [5.41, 5.74) is 3.40. The van der Waals surface area contributed by atoms with Crippen molar-refractivity contribution in [2.24, 2.45) is 0 Å². The molecule has 0 aliphatic heterocycles. The van der Waals surface area contributed by atoms with Gasteiger partial charge in [-0.1, -0.05) is 0 Å². The average Bonchev–Trinajstić information content (AvgIpc) is 3.16. The fourth-order valence-electron chi connectivity index (χ4n) is 2.80. The molecule has 136 valence electrons. The highest BCUT2D eigenvalue weighted by molar-refractivity contribution is 5.68. The Bertz CT molecular complexity index is 1090. The van der Waals surface area contributed by atoms with Crippen molar-refractivity contribution in [1.82, 2.24) is 24.6 Å². The monoisotopic (exact) mass is 363 g/mol. The summed E-state index contributed by atoms with van der Waals surface area (Å²) >= 11 is 0. The molecule has 0 unspecified atom stereocenters.